The van der Waals surface area contributed by atoms with Crippen LogP contribution in [0.15, 0.2) is 41.5 Å². The predicted octanol–water partition coefficient (Wildman–Crippen LogP) is 1.61. The number of urea groups is 1. The Labute approximate surface area is 198 Å². The summed E-state index contributed by atoms with van der Waals surface area (Å²) in [4.78, 5) is 47.7. The number of rotatable bonds is 4. The van der Waals surface area contributed by atoms with Crippen LogP contribution >= 0.6 is 0 Å². The number of hydrogen-bond donors (Lipinski definition) is 2. The van der Waals surface area contributed by atoms with E-state index in [1.807, 2.05) is 6.07 Å². The van der Waals surface area contributed by atoms with Gasteiger partial charge in [-0.1, -0.05) is 12.8 Å². The van der Waals surface area contributed by atoms with E-state index in [1.165, 1.54) is 4.90 Å². The smallest absolute Gasteiger partial charge is 0.318 e. The van der Waals surface area contributed by atoms with E-state index in [2.05, 4.69) is 10.3 Å². The molecule has 0 unspecified atom stereocenters. The van der Waals surface area contributed by atoms with Crippen molar-refractivity contribution in [1.82, 2.24) is 24.7 Å². The van der Waals surface area contributed by atoms with E-state index in [0.717, 1.165) is 31.2 Å². The van der Waals surface area contributed by atoms with Crippen molar-refractivity contribution in [2.24, 2.45) is 11.8 Å². The van der Waals surface area contributed by atoms with Gasteiger partial charge in [0, 0.05) is 62.9 Å². The fourth-order valence-electron chi connectivity index (χ4n) is 6.03. The fraction of sp³-hybridized carbons (Fsp3) is 0.520. The molecule has 2 aliphatic heterocycles. The Hall–Kier alpha value is -3.20. The first-order valence-electron chi connectivity index (χ1n) is 12.0. The normalized spacial score (nSPS) is 25.8. The number of nitrogens with zero attached hydrogens (tertiary/aromatic N) is 4. The molecular formula is C25H31N5O4. The molecule has 1 saturated heterocycles. The number of aromatic nitrogens is 2. The molecule has 2 aromatic rings. The van der Waals surface area contributed by atoms with Gasteiger partial charge in [0.25, 0.3) is 5.56 Å². The minimum atomic E-state index is -0.626. The zero-order valence-corrected chi connectivity index (χ0v) is 19.6. The standard InChI is InChI=1S/C25H31N5O4/c1-28(2)24(33)21-18(14-31)20-13-29-19(8-7-17(23(29)32)15-9-11-26-12-10-15)22(21)30(20)25(34)27-16-5-3-4-6-16/h7-12,16,18,20-22,31H,3-6,13-14H2,1-2H3,(H,27,34)/t18-,20-,21+,22+/m0/s1. The van der Waals surface area contributed by atoms with Crippen LogP contribution in [0.25, 0.3) is 11.1 Å². The Morgan fingerprint density at radius 2 is 1.85 bits per heavy atom. The lowest BCUT2D eigenvalue weighted by Crippen LogP contribution is -2.53. The average molecular weight is 466 g/mol. The van der Waals surface area contributed by atoms with Crippen molar-refractivity contribution >= 4 is 11.9 Å². The number of carbonyl (C=O) groups excluding carboxylic acids is 2. The predicted molar refractivity (Wildman–Crippen MR) is 126 cm³/mol. The number of hydrogen-bond acceptors (Lipinski definition) is 5. The van der Waals surface area contributed by atoms with E-state index in [4.69, 9.17) is 0 Å². The first kappa shape index (κ1) is 22.6. The minimum Gasteiger partial charge on any atom is -0.396 e. The van der Waals surface area contributed by atoms with Gasteiger partial charge in [-0.2, -0.15) is 0 Å². The molecule has 2 N–H and O–H groups in total. The van der Waals surface area contributed by atoms with Crippen LogP contribution in [0.3, 0.4) is 0 Å². The summed E-state index contributed by atoms with van der Waals surface area (Å²) < 4.78 is 1.69. The summed E-state index contributed by atoms with van der Waals surface area (Å²) in [5, 5.41) is 13.5. The summed E-state index contributed by atoms with van der Waals surface area (Å²) in [6.07, 6.45) is 7.37. The summed E-state index contributed by atoms with van der Waals surface area (Å²) in [7, 11) is 3.36. The average Bonchev–Trinajstić information content (AvgIpc) is 3.43. The molecule has 0 aromatic carbocycles. The quantitative estimate of drug-likeness (QED) is 0.713. The number of aliphatic hydroxyl groups is 1. The topological polar surface area (TPSA) is 108 Å². The number of pyridine rings is 2. The van der Waals surface area contributed by atoms with Crippen molar-refractivity contribution in [1.29, 1.82) is 0 Å². The van der Waals surface area contributed by atoms with Gasteiger partial charge in [0.15, 0.2) is 0 Å². The van der Waals surface area contributed by atoms with E-state index in [0.29, 0.717) is 11.3 Å². The third-order valence-corrected chi connectivity index (χ3v) is 7.68. The van der Waals surface area contributed by atoms with Crippen LogP contribution in [0.2, 0.25) is 0 Å². The van der Waals surface area contributed by atoms with Crippen molar-refractivity contribution in [3.63, 3.8) is 0 Å². The van der Waals surface area contributed by atoms with Gasteiger partial charge in [-0.15, -0.1) is 0 Å². The fourth-order valence-corrected chi connectivity index (χ4v) is 6.03. The molecule has 2 bridgehead atoms. The molecule has 9 nitrogen and oxygen atoms in total. The summed E-state index contributed by atoms with van der Waals surface area (Å²) >= 11 is 0. The molecule has 1 aliphatic carbocycles. The number of amides is 3. The lowest BCUT2D eigenvalue weighted by atomic mass is 9.86. The molecule has 180 valence electrons. The Morgan fingerprint density at radius 1 is 1.15 bits per heavy atom. The van der Waals surface area contributed by atoms with Gasteiger partial charge in [-0.05, 0) is 42.7 Å². The Balaban J connectivity index is 1.60. The Bertz CT molecular complexity index is 1140. The van der Waals surface area contributed by atoms with Crippen LogP contribution in [0, 0.1) is 11.8 Å². The lowest BCUT2D eigenvalue weighted by Gasteiger charge is -2.39. The highest BCUT2D eigenvalue weighted by Gasteiger charge is 2.58. The largest absolute Gasteiger partial charge is 0.396 e. The van der Waals surface area contributed by atoms with Crippen molar-refractivity contribution in [3.8, 4) is 11.1 Å². The van der Waals surface area contributed by atoms with E-state index >= 15 is 0 Å². The molecule has 0 radical (unpaired) electrons. The summed E-state index contributed by atoms with van der Waals surface area (Å²) in [5.41, 5.74) is 1.79. The monoisotopic (exact) mass is 465 g/mol. The molecule has 5 rings (SSSR count). The van der Waals surface area contributed by atoms with Gasteiger partial charge in [0.05, 0.1) is 18.0 Å². The van der Waals surface area contributed by atoms with E-state index < -0.39 is 23.9 Å². The van der Waals surface area contributed by atoms with Gasteiger partial charge in [0.2, 0.25) is 5.91 Å². The summed E-state index contributed by atoms with van der Waals surface area (Å²) in [6.45, 7) is 0.00266. The van der Waals surface area contributed by atoms with Crippen LogP contribution in [0.4, 0.5) is 4.79 Å². The molecule has 3 amide bonds. The molecule has 1 saturated carbocycles. The number of aliphatic hydroxyl groups excluding tert-OH is 1. The third-order valence-electron chi connectivity index (χ3n) is 7.68. The van der Waals surface area contributed by atoms with E-state index in [-0.39, 0.29) is 36.7 Å². The van der Waals surface area contributed by atoms with Gasteiger partial charge >= 0.3 is 6.03 Å². The second-order valence-electron chi connectivity index (χ2n) is 9.78. The molecule has 2 fully saturated rings. The molecular weight excluding hydrogens is 434 g/mol. The van der Waals surface area contributed by atoms with Gasteiger partial charge in [0.1, 0.15) is 0 Å². The van der Waals surface area contributed by atoms with Crippen molar-refractivity contribution in [2.75, 3.05) is 20.7 Å². The Kier molecular flexibility index (Phi) is 5.89. The second kappa shape index (κ2) is 8.87. The molecule has 34 heavy (non-hydrogen) atoms. The SMILES string of the molecule is CN(C)C(=O)[C@@H]1[C@@H](CO)[C@@H]2Cn3c(ccc(-c4ccncc4)c3=O)[C@H]1N2C(=O)NC1CCCC1. The zero-order chi connectivity index (χ0) is 24.0. The molecule has 2 aromatic heterocycles. The summed E-state index contributed by atoms with van der Waals surface area (Å²) in [6, 6.07) is 6.03. The van der Waals surface area contributed by atoms with Crippen molar-refractivity contribution in [3.05, 3.63) is 52.7 Å². The number of fused-ring (bicyclic) bond motifs is 4. The lowest BCUT2D eigenvalue weighted by molar-refractivity contribution is -0.135. The molecule has 9 heteroatoms. The third kappa shape index (κ3) is 3.58. The van der Waals surface area contributed by atoms with Gasteiger partial charge in [-0.3, -0.25) is 14.6 Å². The maximum Gasteiger partial charge on any atom is 0.318 e. The highest BCUT2D eigenvalue weighted by atomic mass is 16.3. The van der Waals surface area contributed by atoms with Crippen LogP contribution in [0.5, 0.6) is 0 Å². The van der Waals surface area contributed by atoms with Crippen LogP contribution in [-0.4, -0.2) is 69.2 Å². The maximum absolute atomic E-state index is 13.6. The van der Waals surface area contributed by atoms with E-state index in [1.54, 1.807) is 54.2 Å². The van der Waals surface area contributed by atoms with Gasteiger partial charge < -0.3 is 24.8 Å². The molecule has 4 atom stereocenters. The first-order chi connectivity index (χ1) is 16.4. The van der Waals surface area contributed by atoms with Gasteiger partial charge in [-0.25, -0.2) is 4.79 Å². The molecule has 3 aliphatic rings. The van der Waals surface area contributed by atoms with E-state index in [9.17, 15) is 19.5 Å². The maximum atomic E-state index is 13.6. The first-order valence-corrected chi connectivity index (χ1v) is 12.0. The number of carbonyl (C=O) groups is 2. The van der Waals surface area contributed by atoms with Crippen LogP contribution in [-0.2, 0) is 11.3 Å². The molecule has 4 heterocycles. The summed E-state index contributed by atoms with van der Waals surface area (Å²) in [5.74, 6) is -1.23. The molecule has 0 spiro atoms. The Morgan fingerprint density at radius 3 is 2.50 bits per heavy atom. The zero-order valence-electron chi connectivity index (χ0n) is 19.6. The highest BCUT2D eigenvalue weighted by molar-refractivity contribution is 5.84. The van der Waals surface area contributed by atoms with Crippen molar-refractivity contribution in [2.45, 2.75) is 50.4 Å². The highest BCUT2D eigenvalue weighted by Crippen LogP contribution is 2.49. The minimum absolute atomic E-state index is 0.126. The second-order valence-corrected chi connectivity index (χ2v) is 9.78. The van der Waals surface area contributed by atoms with Crippen LogP contribution < -0.4 is 10.9 Å². The number of nitrogens with one attached hydrogen (secondary N) is 1. The van der Waals surface area contributed by atoms with Crippen molar-refractivity contribution < 1.29 is 14.7 Å². The van der Waals surface area contributed by atoms with Crippen LogP contribution in [0.1, 0.15) is 37.4 Å².